The number of fused-ring (bicyclic) bond motifs is 1. The van der Waals surface area contributed by atoms with Crippen LogP contribution in [0.15, 0.2) is 23.2 Å². The van der Waals surface area contributed by atoms with Gasteiger partial charge in [-0.05, 0) is 19.4 Å². The molecule has 156 valence electrons. The first-order chi connectivity index (χ1) is 13.6. The Balaban J connectivity index is 2.02. The number of rotatable bonds is 9. The molecule has 0 fully saturated rings. The van der Waals surface area contributed by atoms with Gasteiger partial charge >= 0.3 is 0 Å². The molecule has 0 radical (unpaired) electrons. The number of carbonyl (C=O) groups is 1. The van der Waals surface area contributed by atoms with Gasteiger partial charge in [0.1, 0.15) is 0 Å². The Bertz CT molecular complexity index is 649. The first kappa shape index (κ1) is 21.8. The third-order valence-electron chi connectivity index (χ3n) is 4.13. The number of para-hydroxylation sites is 1. The number of likely N-dealkylation sites (N-methyl/N-ethyl adjacent to an activating group) is 1. The number of hydrogen-bond acceptors (Lipinski definition) is 5. The number of amides is 1. The molecule has 0 unspecified atom stereocenters. The Morgan fingerprint density at radius 1 is 1.25 bits per heavy atom. The van der Waals surface area contributed by atoms with Crippen molar-refractivity contribution in [1.82, 2.24) is 15.5 Å². The van der Waals surface area contributed by atoms with E-state index in [2.05, 4.69) is 15.6 Å². The quantitative estimate of drug-likeness (QED) is 0.375. The van der Waals surface area contributed by atoms with Crippen LogP contribution in [-0.2, 0) is 16.1 Å². The number of carbonyl (C=O) groups excluding carboxylic acids is 1. The molecule has 1 amide bonds. The van der Waals surface area contributed by atoms with Crippen LogP contribution in [0.2, 0.25) is 0 Å². The Morgan fingerprint density at radius 2 is 2.07 bits per heavy atom. The number of aliphatic imine (C=N–C) groups is 1. The van der Waals surface area contributed by atoms with E-state index in [9.17, 15) is 4.79 Å². The molecule has 1 aromatic rings. The predicted molar refractivity (Wildman–Crippen MR) is 109 cm³/mol. The average molecular weight is 393 g/mol. The Kier molecular flexibility index (Phi) is 9.41. The van der Waals surface area contributed by atoms with Crippen molar-refractivity contribution in [2.75, 3.05) is 53.6 Å². The molecule has 1 aliphatic heterocycles. The summed E-state index contributed by atoms with van der Waals surface area (Å²) in [5, 5.41) is 6.34. The number of benzene rings is 1. The SMILES string of the molecule is CCOCCCNC(=NCc1cccc2c1OCCCO2)NCC(=O)N(C)C. The standard InChI is InChI=1S/C20H32N4O4/c1-4-26-11-6-10-21-20(23-15-18(25)24(2)3)22-14-16-8-5-9-17-19(16)28-13-7-12-27-17/h5,8-9H,4,6-7,10-15H2,1-3H3,(H2,21,22,23). The molecule has 0 bridgehead atoms. The highest BCUT2D eigenvalue weighted by atomic mass is 16.5. The average Bonchev–Trinajstić information content (AvgIpc) is 2.94. The molecule has 1 heterocycles. The first-order valence-electron chi connectivity index (χ1n) is 9.79. The summed E-state index contributed by atoms with van der Waals surface area (Å²) in [7, 11) is 3.46. The zero-order valence-corrected chi connectivity index (χ0v) is 17.1. The summed E-state index contributed by atoms with van der Waals surface area (Å²) < 4.78 is 16.9. The van der Waals surface area contributed by atoms with E-state index >= 15 is 0 Å². The van der Waals surface area contributed by atoms with Crippen molar-refractivity contribution in [2.24, 2.45) is 4.99 Å². The van der Waals surface area contributed by atoms with Gasteiger partial charge < -0.3 is 29.7 Å². The Labute approximate surface area is 167 Å². The van der Waals surface area contributed by atoms with Gasteiger partial charge in [0.05, 0.1) is 26.3 Å². The molecule has 28 heavy (non-hydrogen) atoms. The highest BCUT2D eigenvalue weighted by molar-refractivity contribution is 5.86. The zero-order valence-electron chi connectivity index (χ0n) is 17.1. The molecule has 0 aromatic heterocycles. The Hall–Kier alpha value is -2.48. The van der Waals surface area contributed by atoms with Crippen molar-refractivity contribution in [2.45, 2.75) is 26.3 Å². The summed E-state index contributed by atoms with van der Waals surface area (Å²) in [6.07, 6.45) is 1.71. The van der Waals surface area contributed by atoms with Crippen molar-refractivity contribution in [3.63, 3.8) is 0 Å². The maximum Gasteiger partial charge on any atom is 0.241 e. The van der Waals surface area contributed by atoms with Gasteiger partial charge in [-0.25, -0.2) is 4.99 Å². The maximum atomic E-state index is 11.9. The van der Waals surface area contributed by atoms with E-state index in [1.54, 1.807) is 19.0 Å². The largest absolute Gasteiger partial charge is 0.490 e. The van der Waals surface area contributed by atoms with Crippen LogP contribution in [0.4, 0.5) is 0 Å². The molecule has 0 spiro atoms. The number of nitrogens with zero attached hydrogens (tertiary/aromatic N) is 2. The van der Waals surface area contributed by atoms with Gasteiger partial charge in [-0.2, -0.15) is 0 Å². The van der Waals surface area contributed by atoms with E-state index in [1.807, 2.05) is 25.1 Å². The van der Waals surface area contributed by atoms with Gasteiger partial charge in [-0.3, -0.25) is 4.79 Å². The fraction of sp³-hybridized carbons (Fsp3) is 0.600. The van der Waals surface area contributed by atoms with E-state index in [-0.39, 0.29) is 12.5 Å². The fourth-order valence-electron chi connectivity index (χ4n) is 2.56. The second-order valence-electron chi connectivity index (χ2n) is 6.58. The molecule has 0 aliphatic carbocycles. The van der Waals surface area contributed by atoms with E-state index in [0.717, 1.165) is 29.9 Å². The van der Waals surface area contributed by atoms with Crippen LogP contribution in [0.5, 0.6) is 11.5 Å². The number of guanidine groups is 1. The highest BCUT2D eigenvalue weighted by Crippen LogP contribution is 2.33. The van der Waals surface area contributed by atoms with Crippen LogP contribution in [-0.4, -0.2) is 70.4 Å². The minimum Gasteiger partial charge on any atom is -0.490 e. The molecule has 2 rings (SSSR count). The van der Waals surface area contributed by atoms with Crippen molar-refractivity contribution in [3.05, 3.63) is 23.8 Å². The summed E-state index contributed by atoms with van der Waals surface area (Å²) in [6, 6.07) is 5.83. The van der Waals surface area contributed by atoms with Gasteiger partial charge in [-0.1, -0.05) is 12.1 Å². The zero-order chi connectivity index (χ0) is 20.2. The minimum atomic E-state index is -0.0193. The van der Waals surface area contributed by atoms with Gasteiger partial charge in [0.2, 0.25) is 5.91 Å². The molecule has 0 saturated heterocycles. The highest BCUT2D eigenvalue weighted by Gasteiger charge is 2.14. The summed E-state index contributed by atoms with van der Waals surface area (Å²) in [5.74, 6) is 2.07. The van der Waals surface area contributed by atoms with Gasteiger partial charge in [-0.15, -0.1) is 0 Å². The lowest BCUT2D eigenvalue weighted by molar-refractivity contribution is -0.127. The monoisotopic (exact) mass is 392 g/mol. The van der Waals surface area contributed by atoms with Crippen LogP contribution < -0.4 is 20.1 Å². The lowest BCUT2D eigenvalue weighted by Crippen LogP contribution is -2.43. The van der Waals surface area contributed by atoms with Crippen molar-refractivity contribution >= 4 is 11.9 Å². The molecule has 8 heteroatoms. The number of nitrogens with one attached hydrogen (secondary N) is 2. The van der Waals surface area contributed by atoms with Gasteiger partial charge in [0.25, 0.3) is 0 Å². The summed E-state index contributed by atoms with van der Waals surface area (Å²) in [4.78, 5) is 18.1. The van der Waals surface area contributed by atoms with Crippen LogP contribution in [0, 0.1) is 0 Å². The second-order valence-corrected chi connectivity index (χ2v) is 6.58. The van der Waals surface area contributed by atoms with Crippen molar-refractivity contribution in [3.8, 4) is 11.5 Å². The number of hydrogen-bond donors (Lipinski definition) is 2. The third kappa shape index (κ3) is 7.26. The Morgan fingerprint density at radius 3 is 2.86 bits per heavy atom. The summed E-state index contributed by atoms with van der Waals surface area (Å²) in [5.41, 5.74) is 0.953. The molecule has 1 aliphatic rings. The van der Waals surface area contributed by atoms with Crippen LogP contribution >= 0.6 is 0 Å². The lowest BCUT2D eigenvalue weighted by atomic mass is 10.2. The summed E-state index contributed by atoms with van der Waals surface area (Å²) >= 11 is 0. The van der Waals surface area contributed by atoms with Crippen LogP contribution in [0.1, 0.15) is 25.3 Å². The second kappa shape index (κ2) is 12.1. The van der Waals surface area contributed by atoms with Crippen LogP contribution in [0.3, 0.4) is 0 Å². The normalized spacial score (nSPS) is 13.6. The predicted octanol–water partition coefficient (Wildman–Crippen LogP) is 1.40. The molecule has 0 saturated carbocycles. The van der Waals surface area contributed by atoms with Crippen LogP contribution in [0.25, 0.3) is 0 Å². The molecule has 2 N–H and O–H groups in total. The first-order valence-corrected chi connectivity index (χ1v) is 9.79. The van der Waals surface area contributed by atoms with Crippen molar-refractivity contribution < 1.29 is 19.0 Å². The molecule has 1 aromatic carbocycles. The maximum absolute atomic E-state index is 11.9. The number of ether oxygens (including phenoxy) is 3. The van der Waals surface area contributed by atoms with Gasteiger partial charge in [0, 0.05) is 45.8 Å². The molecular weight excluding hydrogens is 360 g/mol. The van der Waals surface area contributed by atoms with E-state index in [4.69, 9.17) is 14.2 Å². The molecule has 0 atom stereocenters. The van der Waals surface area contributed by atoms with E-state index < -0.39 is 0 Å². The van der Waals surface area contributed by atoms with Crippen molar-refractivity contribution in [1.29, 1.82) is 0 Å². The molecule has 8 nitrogen and oxygen atoms in total. The van der Waals surface area contributed by atoms with E-state index in [0.29, 0.717) is 45.5 Å². The van der Waals surface area contributed by atoms with E-state index in [1.165, 1.54) is 0 Å². The fourth-order valence-corrected chi connectivity index (χ4v) is 2.56. The smallest absolute Gasteiger partial charge is 0.241 e. The molecular formula is C20H32N4O4. The summed E-state index contributed by atoms with van der Waals surface area (Å²) in [6.45, 7) is 5.95. The topological polar surface area (TPSA) is 84.4 Å². The third-order valence-corrected chi connectivity index (χ3v) is 4.13. The minimum absolute atomic E-state index is 0.0193. The lowest BCUT2D eigenvalue weighted by Gasteiger charge is -2.16. The van der Waals surface area contributed by atoms with Gasteiger partial charge in [0.15, 0.2) is 17.5 Å².